The van der Waals surface area contributed by atoms with Gasteiger partial charge in [0.15, 0.2) is 0 Å². The topological polar surface area (TPSA) is 158 Å². The lowest BCUT2D eigenvalue weighted by Gasteiger charge is -2.18. The van der Waals surface area contributed by atoms with Gasteiger partial charge in [0.1, 0.15) is 18.4 Å². The van der Waals surface area contributed by atoms with E-state index in [0.717, 1.165) is 0 Å². The zero-order valence-electron chi connectivity index (χ0n) is 19.4. The monoisotopic (exact) mass is 499 g/mol. The van der Waals surface area contributed by atoms with Crippen LogP contribution in [-0.4, -0.2) is 67.6 Å². The Morgan fingerprint density at radius 1 is 1.19 bits per heavy atom. The van der Waals surface area contributed by atoms with Gasteiger partial charge in [-0.15, -0.1) is 0 Å². The normalized spacial score (nSPS) is 19.6. The fourth-order valence-corrected chi connectivity index (χ4v) is 4.18. The van der Waals surface area contributed by atoms with Gasteiger partial charge < -0.3 is 25.8 Å². The molecule has 2 atom stereocenters. The first-order valence-corrected chi connectivity index (χ1v) is 11.4. The summed E-state index contributed by atoms with van der Waals surface area (Å²) in [5.74, 6) is -2.57. The highest BCUT2D eigenvalue weighted by Crippen LogP contribution is 2.30. The summed E-state index contributed by atoms with van der Waals surface area (Å²) in [7, 11) is 0. The molecule has 2 fully saturated rings. The number of nitrogens with zero attached hydrogens (tertiary/aromatic N) is 3. The number of aromatic nitrogens is 1. The Labute approximate surface area is 206 Å². The molecular formula is C24H26FN5O6. The zero-order chi connectivity index (χ0) is 25.8. The van der Waals surface area contributed by atoms with Crippen molar-refractivity contribution in [1.82, 2.24) is 4.98 Å². The number of pyridine rings is 1. The Hall–Kier alpha value is -3.90. The minimum atomic E-state index is -1.01. The van der Waals surface area contributed by atoms with Crippen LogP contribution < -0.4 is 21.3 Å². The quantitative estimate of drug-likeness (QED) is 0.367. The molecule has 0 spiro atoms. The van der Waals surface area contributed by atoms with Crippen LogP contribution in [0.1, 0.15) is 12.8 Å². The minimum Gasteiger partial charge on any atom is -0.464 e. The number of ketones is 1. The van der Waals surface area contributed by atoms with Gasteiger partial charge in [-0.25, -0.2) is 9.37 Å². The molecule has 12 heteroatoms. The molecule has 0 radical (unpaired) electrons. The molecule has 2 amide bonds. The van der Waals surface area contributed by atoms with E-state index < -0.39 is 29.6 Å². The maximum atomic E-state index is 15.0. The fourth-order valence-electron chi connectivity index (χ4n) is 4.18. The molecule has 0 saturated carbocycles. The number of primary amides is 1. The van der Waals surface area contributed by atoms with E-state index in [1.165, 1.54) is 17.2 Å². The van der Waals surface area contributed by atoms with Crippen molar-refractivity contribution in [1.29, 1.82) is 0 Å². The summed E-state index contributed by atoms with van der Waals surface area (Å²) in [4.78, 5) is 53.7. The molecule has 2 saturated heterocycles. The second-order valence-electron chi connectivity index (χ2n) is 8.66. The molecule has 1 aromatic carbocycles. The third-order valence-electron chi connectivity index (χ3n) is 6.08. The molecule has 2 aliphatic rings. The van der Waals surface area contributed by atoms with E-state index in [1.54, 1.807) is 29.2 Å². The highest BCUT2D eigenvalue weighted by atomic mass is 19.1. The Bertz CT molecular complexity index is 1170. The van der Waals surface area contributed by atoms with Crippen LogP contribution >= 0.6 is 0 Å². The van der Waals surface area contributed by atoms with E-state index in [0.29, 0.717) is 35.7 Å². The Balaban J connectivity index is 1.39. The van der Waals surface area contributed by atoms with E-state index in [-0.39, 0.29) is 44.5 Å². The summed E-state index contributed by atoms with van der Waals surface area (Å²) in [6, 6.07) is 8.03. The Morgan fingerprint density at radius 3 is 2.67 bits per heavy atom. The van der Waals surface area contributed by atoms with Crippen LogP contribution in [0.2, 0.25) is 0 Å². The summed E-state index contributed by atoms with van der Waals surface area (Å²) >= 11 is 0. The highest BCUT2D eigenvalue weighted by Gasteiger charge is 2.32. The predicted molar refractivity (Wildman–Crippen MR) is 126 cm³/mol. The lowest BCUT2D eigenvalue weighted by molar-refractivity contribution is -0.143. The molecule has 2 aromatic rings. The average Bonchev–Trinajstić information content (AvgIpc) is 3.49. The van der Waals surface area contributed by atoms with Crippen molar-refractivity contribution in [3.05, 3.63) is 42.3 Å². The number of hydrogen-bond acceptors (Lipinski definition) is 9. The third kappa shape index (κ3) is 5.66. The largest absolute Gasteiger partial charge is 0.464 e. The van der Waals surface area contributed by atoms with E-state index in [4.69, 9.17) is 20.9 Å². The van der Waals surface area contributed by atoms with Crippen LogP contribution in [-0.2, 0) is 28.7 Å². The smallest absolute Gasteiger partial charge is 0.319 e. The van der Waals surface area contributed by atoms with Gasteiger partial charge in [-0.3, -0.25) is 24.1 Å². The number of anilines is 2. The number of amides is 2. The van der Waals surface area contributed by atoms with E-state index in [9.17, 15) is 23.6 Å². The minimum absolute atomic E-state index is 0.109. The number of Topliss-reactive ketones (excluding diaryl/α,β-unsaturated/α-hetero) is 1. The molecule has 2 aliphatic heterocycles. The SMILES string of the molecule is NCC(=O)OCC1CC(=O)N(c2ccc(-c3ccc(N4CO[C@@H](CC(=O)C(N)=O)C4)cc3F)cn2)C1. The van der Waals surface area contributed by atoms with Gasteiger partial charge in [0.05, 0.1) is 19.3 Å². The molecule has 36 heavy (non-hydrogen) atoms. The van der Waals surface area contributed by atoms with Crippen molar-refractivity contribution in [3.63, 3.8) is 0 Å². The molecule has 4 N–H and O–H groups in total. The number of hydrogen-bond donors (Lipinski definition) is 2. The number of carbonyl (C=O) groups excluding carboxylic acids is 4. The Morgan fingerprint density at radius 2 is 2.00 bits per heavy atom. The van der Waals surface area contributed by atoms with Gasteiger partial charge in [0.2, 0.25) is 11.7 Å². The summed E-state index contributed by atoms with van der Waals surface area (Å²) in [5.41, 5.74) is 11.6. The maximum Gasteiger partial charge on any atom is 0.319 e. The third-order valence-corrected chi connectivity index (χ3v) is 6.08. The number of halogens is 1. The van der Waals surface area contributed by atoms with Crippen molar-refractivity contribution in [2.24, 2.45) is 17.4 Å². The number of esters is 1. The van der Waals surface area contributed by atoms with Crippen molar-refractivity contribution < 1.29 is 33.0 Å². The summed E-state index contributed by atoms with van der Waals surface area (Å²) < 4.78 is 25.5. The van der Waals surface area contributed by atoms with E-state index in [2.05, 4.69) is 4.98 Å². The van der Waals surface area contributed by atoms with Crippen LogP contribution in [0.15, 0.2) is 36.5 Å². The van der Waals surface area contributed by atoms with Crippen LogP contribution in [0, 0.1) is 11.7 Å². The van der Waals surface area contributed by atoms with Crippen LogP contribution in [0.25, 0.3) is 11.1 Å². The van der Waals surface area contributed by atoms with Gasteiger partial charge in [0, 0.05) is 54.9 Å². The number of rotatable bonds is 9. The average molecular weight is 499 g/mol. The van der Waals surface area contributed by atoms with Crippen molar-refractivity contribution >= 4 is 35.1 Å². The van der Waals surface area contributed by atoms with Crippen LogP contribution in [0.5, 0.6) is 0 Å². The molecule has 1 unspecified atom stereocenters. The molecule has 1 aromatic heterocycles. The van der Waals surface area contributed by atoms with Crippen molar-refractivity contribution in [2.45, 2.75) is 18.9 Å². The van der Waals surface area contributed by atoms with Crippen molar-refractivity contribution in [3.8, 4) is 11.1 Å². The molecule has 0 aliphatic carbocycles. The lowest BCUT2D eigenvalue weighted by atomic mass is 10.1. The number of ether oxygens (including phenoxy) is 2. The molecule has 11 nitrogen and oxygen atoms in total. The second kappa shape index (κ2) is 10.8. The number of nitrogens with two attached hydrogens (primary N) is 2. The molecule has 3 heterocycles. The van der Waals surface area contributed by atoms with Gasteiger partial charge in [-0.05, 0) is 30.3 Å². The fraction of sp³-hybridized carbons (Fsp3) is 0.375. The van der Waals surface area contributed by atoms with E-state index in [1.807, 2.05) is 0 Å². The number of carbonyl (C=O) groups is 4. The lowest BCUT2D eigenvalue weighted by Crippen LogP contribution is -2.29. The first-order chi connectivity index (χ1) is 17.2. The molecule has 190 valence electrons. The van der Waals surface area contributed by atoms with Gasteiger partial charge in [-0.1, -0.05) is 0 Å². The first-order valence-electron chi connectivity index (χ1n) is 11.4. The van der Waals surface area contributed by atoms with Gasteiger partial charge >= 0.3 is 5.97 Å². The summed E-state index contributed by atoms with van der Waals surface area (Å²) in [6.07, 6.45) is 1.11. The Kier molecular flexibility index (Phi) is 7.55. The van der Waals surface area contributed by atoms with Crippen LogP contribution in [0.3, 0.4) is 0 Å². The molecule has 4 rings (SSSR count). The zero-order valence-corrected chi connectivity index (χ0v) is 19.4. The van der Waals surface area contributed by atoms with Crippen LogP contribution in [0.4, 0.5) is 15.9 Å². The number of benzene rings is 1. The predicted octanol–water partition coefficient (Wildman–Crippen LogP) is 0.350. The molecule has 0 bridgehead atoms. The summed E-state index contributed by atoms with van der Waals surface area (Å²) in [5, 5.41) is 0. The maximum absolute atomic E-state index is 15.0. The van der Waals surface area contributed by atoms with Gasteiger partial charge in [0.25, 0.3) is 5.91 Å². The first kappa shape index (κ1) is 25.2. The second-order valence-corrected chi connectivity index (χ2v) is 8.66. The summed E-state index contributed by atoms with van der Waals surface area (Å²) in [6.45, 7) is 0.732. The van der Waals surface area contributed by atoms with E-state index >= 15 is 0 Å². The van der Waals surface area contributed by atoms with Crippen molar-refractivity contribution in [2.75, 3.05) is 42.8 Å². The van der Waals surface area contributed by atoms with Gasteiger partial charge in [-0.2, -0.15) is 0 Å². The standard InChI is InChI=1S/C24H26FN5O6/c25-19-6-16(29-11-17(36-13-29)7-20(31)24(27)34)2-3-18(19)15-1-4-21(28-9-15)30-10-14(5-22(30)32)12-35-23(33)8-26/h1-4,6,9,14,17H,5,7-8,10-13,26H2,(H2,27,34)/t14?,17-/m0/s1. The molecular weight excluding hydrogens is 473 g/mol. The highest BCUT2D eigenvalue weighted by molar-refractivity contribution is 6.35.